The molecular weight excluding hydrogens is 538 g/mol. The van der Waals surface area contributed by atoms with Gasteiger partial charge in [-0.15, -0.1) is 13.2 Å². The van der Waals surface area contributed by atoms with E-state index in [4.69, 9.17) is 11.5 Å². The molecule has 0 saturated carbocycles. The van der Waals surface area contributed by atoms with Crippen LogP contribution in [0.1, 0.15) is 39.0 Å². The van der Waals surface area contributed by atoms with Gasteiger partial charge in [0, 0.05) is 0 Å². The van der Waals surface area contributed by atoms with Crippen molar-refractivity contribution in [2.75, 3.05) is 7.11 Å². The summed E-state index contributed by atoms with van der Waals surface area (Å²) in [6.45, 7) is 8.51. The van der Waals surface area contributed by atoms with E-state index < -0.39 is 84.1 Å². The molecule has 0 aromatic carbocycles. The number of primary amides is 1. The van der Waals surface area contributed by atoms with Crippen LogP contribution in [-0.2, 0) is 38.3 Å². The van der Waals surface area contributed by atoms with Crippen LogP contribution in [0.5, 0.6) is 0 Å². The molecule has 6 atom stereocenters. The molecule has 0 radical (unpaired) electrons. The maximum atomic E-state index is 13.3. The van der Waals surface area contributed by atoms with Gasteiger partial charge in [0.25, 0.3) is 0 Å². The lowest BCUT2D eigenvalue weighted by Gasteiger charge is -2.26. The van der Waals surface area contributed by atoms with Gasteiger partial charge >= 0.3 is 5.97 Å². The molecule has 9 N–H and O–H groups in total. The summed E-state index contributed by atoms with van der Waals surface area (Å²) in [4.78, 5) is 87.9. The van der Waals surface area contributed by atoms with Gasteiger partial charge in [0.05, 0.1) is 19.6 Å². The first-order valence-electron chi connectivity index (χ1n) is 12.8. The topological polar surface area (TPSA) is 241 Å². The number of carbonyl (C=O) groups excluding carboxylic acids is 7. The highest BCUT2D eigenvalue weighted by Crippen LogP contribution is 2.05. The summed E-state index contributed by atoms with van der Waals surface area (Å²) in [6, 6.07) is -7.09. The van der Waals surface area contributed by atoms with E-state index in [1.807, 2.05) is 0 Å². The Balaban J connectivity index is 3.27. The standard InChI is InChI=1S/C26H39N7O8/c1-5-9-16-23(37)31-17(12-8-7-11-15(27)22(36)29-14(3)21(35)30-16)24(38)33-19(13-20(28)34)25(39)32-18(10-6-2)26(40)41-4/h5-8,14-19H,1-2,9-13,27H2,3-4H3,(H2,28,34)(H,29,36)(H,30,35)(H,31,37)(H,32,39)(H,33,38)/b8-7-/t14-,15-,16?,17?,18-,19-/m0/s1. The van der Waals surface area contributed by atoms with Crippen LogP contribution in [0.4, 0.5) is 0 Å². The summed E-state index contributed by atoms with van der Waals surface area (Å²) >= 11 is 0. The van der Waals surface area contributed by atoms with Gasteiger partial charge in [0.1, 0.15) is 30.2 Å². The van der Waals surface area contributed by atoms with Gasteiger partial charge in [-0.2, -0.15) is 0 Å². The average molecular weight is 578 g/mol. The highest BCUT2D eigenvalue weighted by atomic mass is 16.5. The van der Waals surface area contributed by atoms with Crippen molar-refractivity contribution >= 4 is 41.4 Å². The summed E-state index contributed by atoms with van der Waals surface area (Å²) in [5.41, 5.74) is 11.2. The largest absolute Gasteiger partial charge is 0.467 e. The predicted molar refractivity (Wildman–Crippen MR) is 147 cm³/mol. The van der Waals surface area contributed by atoms with Crippen LogP contribution in [0, 0.1) is 0 Å². The van der Waals surface area contributed by atoms with E-state index in [1.54, 1.807) is 0 Å². The van der Waals surface area contributed by atoms with E-state index in [9.17, 15) is 33.6 Å². The summed E-state index contributed by atoms with van der Waals surface area (Å²) in [6.07, 6.45) is 5.13. The predicted octanol–water partition coefficient (Wildman–Crippen LogP) is -2.69. The van der Waals surface area contributed by atoms with Crippen molar-refractivity contribution in [3.8, 4) is 0 Å². The Morgan fingerprint density at radius 2 is 1.66 bits per heavy atom. The molecule has 0 fully saturated rings. The van der Waals surface area contributed by atoms with Gasteiger partial charge in [0.2, 0.25) is 35.4 Å². The zero-order valence-corrected chi connectivity index (χ0v) is 23.1. The zero-order valence-electron chi connectivity index (χ0n) is 23.1. The smallest absolute Gasteiger partial charge is 0.328 e. The van der Waals surface area contributed by atoms with E-state index in [1.165, 1.54) is 31.2 Å². The number of methoxy groups -OCH3 is 1. The molecule has 1 heterocycles. The lowest BCUT2D eigenvalue weighted by atomic mass is 10.1. The monoisotopic (exact) mass is 577 g/mol. The number of nitrogens with two attached hydrogens (primary N) is 2. The number of nitrogens with one attached hydrogen (secondary N) is 5. The Labute approximate surface area is 237 Å². The molecule has 41 heavy (non-hydrogen) atoms. The van der Waals surface area contributed by atoms with E-state index in [2.05, 4.69) is 44.5 Å². The van der Waals surface area contributed by atoms with Crippen LogP contribution in [0.25, 0.3) is 0 Å². The third-order valence-corrected chi connectivity index (χ3v) is 5.93. The Kier molecular flexibility index (Phi) is 14.5. The molecule has 1 aliphatic rings. The second kappa shape index (κ2) is 17.2. The number of rotatable bonds is 11. The molecule has 0 spiro atoms. The molecule has 0 aromatic rings. The van der Waals surface area contributed by atoms with Crippen molar-refractivity contribution in [1.29, 1.82) is 0 Å². The highest BCUT2D eigenvalue weighted by Gasteiger charge is 2.32. The molecule has 2 unspecified atom stereocenters. The third-order valence-electron chi connectivity index (χ3n) is 5.93. The van der Waals surface area contributed by atoms with Gasteiger partial charge in [0.15, 0.2) is 0 Å². The quantitative estimate of drug-likeness (QED) is 0.0997. The lowest BCUT2D eigenvalue weighted by Crippen LogP contribution is -2.59. The van der Waals surface area contributed by atoms with Crippen LogP contribution in [-0.4, -0.2) is 84.8 Å². The van der Waals surface area contributed by atoms with Gasteiger partial charge in [-0.1, -0.05) is 24.3 Å². The lowest BCUT2D eigenvalue weighted by molar-refractivity contribution is -0.145. The molecule has 15 nitrogen and oxygen atoms in total. The Morgan fingerprint density at radius 3 is 2.24 bits per heavy atom. The average Bonchev–Trinajstić information content (AvgIpc) is 2.91. The molecule has 6 amide bonds. The maximum absolute atomic E-state index is 13.3. The fourth-order valence-electron chi connectivity index (χ4n) is 3.64. The summed E-state index contributed by atoms with van der Waals surface area (Å²) < 4.78 is 4.65. The minimum Gasteiger partial charge on any atom is -0.467 e. The maximum Gasteiger partial charge on any atom is 0.328 e. The van der Waals surface area contributed by atoms with E-state index >= 15 is 0 Å². The van der Waals surface area contributed by atoms with Crippen LogP contribution >= 0.6 is 0 Å². The molecule has 15 heteroatoms. The number of hydrogen-bond acceptors (Lipinski definition) is 9. The van der Waals surface area contributed by atoms with Gasteiger partial charge in [-0.05, 0) is 32.6 Å². The third kappa shape index (κ3) is 11.6. The van der Waals surface area contributed by atoms with Crippen molar-refractivity contribution in [3.63, 3.8) is 0 Å². The summed E-state index contributed by atoms with van der Waals surface area (Å²) in [5.74, 6) is -5.47. The summed E-state index contributed by atoms with van der Waals surface area (Å²) in [5, 5.41) is 12.3. The fraction of sp³-hybridized carbons (Fsp3) is 0.500. The first kappa shape index (κ1) is 34.5. The normalized spacial score (nSPS) is 24.0. The van der Waals surface area contributed by atoms with Gasteiger partial charge in [-0.3, -0.25) is 28.8 Å². The minimum absolute atomic E-state index is 0.00708. The van der Waals surface area contributed by atoms with Gasteiger partial charge in [-0.25, -0.2) is 4.79 Å². The van der Waals surface area contributed by atoms with Crippen LogP contribution in [0.3, 0.4) is 0 Å². The second-order valence-corrected chi connectivity index (χ2v) is 9.27. The second-order valence-electron chi connectivity index (χ2n) is 9.27. The molecule has 1 aliphatic heterocycles. The van der Waals surface area contributed by atoms with E-state index in [0.717, 1.165) is 7.11 Å². The minimum atomic E-state index is -1.51. The first-order valence-corrected chi connectivity index (χ1v) is 12.8. The molecule has 0 aliphatic carbocycles. The Hall–Kier alpha value is -4.53. The molecule has 0 aromatic heterocycles. The van der Waals surface area contributed by atoms with E-state index in [-0.39, 0.29) is 25.7 Å². The number of amides is 6. The zero-order chi connectivity index (χ0) is 31.1. The van der Waals surface area contributed by atoms with Crippen LogP contribution < -0.4 is 38.1 Å². The fourth-order valence-corrected chi connectivity index (χ4v) is 3.64. The number of esters is 1. The van der Waals surface area contributed by atoms with Crippen LogP contribution in [0.15, 0.2) is 37.5 Å². The number of carbonyl (C=O) groups is 7. The molecule has 0 saturated heterocycles. The Bertz CT molecular complexity index is 1060. The molecule has 0 bridgehead atoms. The molecule has 226 valence electrons. The van der Waals surface area contributed by atoms with Gasteiger partial charge < -0.3 is 42.8 Å². The SMILES string of the molecule is C=CCC1NC(=O)[C@H](C)NC(=O)[C@@H](N)C/C=C\CC(C(=O)N[C@@H](CC(N)=O)C(=O)N[C@@H](CC=C)C(=O)OC)NC1=O. The number of ether oxygens (including phenoxy) is 1. The molecule has 1 rings (SSSR count). The van der Waals surface area contributed by atoms with Crippen molar-refractivity contribution in [2.45, 2.75) is 75.3 Å². The first-order chi connectivity index (χ1) is 19.3. The van der Waals surface area contributed by atoms with Crippen molar-refractivity contribution in [2.24, 2.45) is 11.5 Å². The number of hydrogen-bond donors (Lipinski definition) is 7. The van der Waals surface area contributed by atoms with Crippen molar-refractivity contribution in [3.05, 3.63) is 37.5 Å². The summed E-state index contributed by atoms with van der Waals surface area (Å²) in [7, 11) is 1.12. The van der Waals surface area contributed by atoms with E-state index in [0.29, 0.717) is 0 Å². The highest BCUT2D eigenvalue weighted by molar-refractivity contribution is 5.97. The Morgan fingerprint density at radius 1 is 1.00 bits per heavy atom. The van der Waals surface area contributed by atoms with Crippen molar-refractivity contribution in [1.82, 2.24) is 26.6 Å². The molecular formula is C26H39N7O8. The van der Waals surface area contributed by atoms with Crippen LogP contribution in [0.2, 0.25) is 0 Å². The van der Waals surface area contributed by atoms with Crippen molar-refractivity contribution < 1.29 is 38.3 Å².